The maximum atomic E-state index is 5.84. The summed E-state index contributed by atoms with van der Waals surface area (Å²) in [5, 5.41) is 12.0. The van der Waals surface area contributed by atoms with Crippen LogP contribution in [0.15, 0.2) is 59.1 Å². The van der Waals surface area contributed by atoms with Gasteiger partial charge in [-0.3, -0.25) is 4.57 Å². The van der Waals surface area contributed by atoms with Crippen molar-refractivity contribution in [2.75, 3.05) is 12.4 Å². The van der Waals surface area contributed by atoms with E-state index in [1.165, 1.54) is 5.56 Å². The van der Waals surface area contributed by atoms with Crippen LogP contribution >= 0.6 is 23.1 Å². The minimum atomic E-state index is 0.268. The number of thioether (sulfide) groups is 1. The molecule has 1 aliphatic rings. The molecule has 6 heteroatoms. The van der Waals surface area contributed by atoms with Gasteiger partial charge < -0.3 is 4.74 Å². The molecule has 1 aromatic carbocycles. The molecule has 0 radical (unpaired) electrons. The van der Waals surface area contributed by atoms with Gasteiger partial charge in [0.15, 0.2) is 11.0 Å². The number of ether oxygens (including phenoxy) is 1. The third-order valence-electron chi connectivity index (χ3n) is 4.29. The Labute approximate surface area is 161 Å². The van der Waals surface area contributed by atoms with Crippen molar-refractivity contribution < 1.29 is 4.74 Å². The van der Waals surface area contributed by atoms with E-state index in [-0.39, 0.29) is 6.10 Å². The third kappa shape index (κ3) is 4.26. The molecule has 4 nitrogen and oxygen atoms in total. The first-order valence-electron chi connectivity index (χ1n) is 8.83. The maximum absolute atomic E-state index is 5.84. The average molecular weight is 384 g/mol. The fraction of sp³-hybridized carbons (Fsp3) is 0.300. The van der Waals surface area contributed by atoms with Crippen LogP contribution in [0.4, 0.5) is 0 Å². The van der Waals surface area contributed by atoms with E-state index in [1.807, 2.05) is 6.07 Å². The second-order valence-corrected chi connectivity index (χ2v) is 8.09. The van der Waals surface area contributed by atoms with Crippen LogP contribution in [-0.4, -0.2) is 33.2 Å². The van der Waals surface area contributed by atoms with E-state index in [0.29, 0.717) is 0 Å². The van der Waals surface area contributed by atoms with E-state index in [0.717, 1.165) is 47.6 Å². The quantitative estimate of drug-likeness (QED) is 0.539. The molecule has 2 aromatic heterocycles. The van der Waals surface area contributed by atoms with E-state index in [9.17, 15) is 0 Å². The van der Waals surface area contributed by atoms with Gasteiger partial charge in [0.05, 0.1) is 17.5 Å². The zero-order chi connectivity index (χ0) is 17.6. The largest absolute Gasteiger partial charge is 0.376 e. The molecule has 1 saturated heterocycles. The molecule has 0 N–H and O–H groups in total. The molecule has 134 valence electrons. The lowest BCUT2D eigenvalue weighted by molar-refractivity contribution is 0.0953. The fourth-order valence-electron chi connectivity index (χ4n) is 3.01. The van der Waals surface area contributed by atoms with Crippen LogP contribution in [0.1, 0.15) is 18.4 Å². The summed E-state index contributed by atoms with van der Waals surface area (Å²) in [6.07, 6.45) is 6.84. The van der Waals surface area contributed by atoms with Crippen molar-refractivity contribution in [3.63, 3.8) is 0 Å². The summed E-state index contributed by atoms with van der Waals surface area (Å²) in [6.45, 7) is 1.69. The Kier molecular flexibility index (Phi) is 5.84. The summed E-state index contributed by atoms with van der Waals surface area (Å²) in [7, 11) is 0. The summed E-state index contributed by atoms with van der Waals surface area (Å²) in [6, 6.07) is 14.5. The zero-order valence-corrected chi connectivity index (χ0v) is 16.1. The number of hydrogen-bond acceptors (Lipinski definition) is 5. The standard InChI is InChI=1S/C20H21N3OS2/c1-2-7-16(8-3-1)9-5-14-26-20-22-21-19(18-11-6-13-25-18)23(20)15-17-10-4-12-24-17/h1-3,5-9,11,13,17H,4,10,12,14-15H2/b9-5+. The normalized spacial score (nSPS) is 17.3. The van der Waals surface area contributed by atoms with Crippen molar-refractivity contribution >= 4 is 29.2 Å². The number of thiophene rings is 1. The molecular weight excluding hydrogens is 362 g/mol. The minimum Gasteiger partial charge on any atom is -0.376 e. The van der Waals surface area contributed by atoms with Gasteiger partial charge in [-0.15, -0.1) is 21.5 Å². The molecule has 1 unspecified atom stereocenters. The first-order valence-corrected chi connectivity index (χ1v) is 10.7. The number of benzene rings is 1. The molecule has 1 aliphatic heterocycles. The van der Waals surface area contributed by atoms with Gasteiger partial charge in [0.1, 0.15) is 0 Å². The van der Waals surface area contributed by atoms with Gasteiger partial charge in [-0.1, -0.05) is 60.3 Å². The molecule has 26 heavy (non-hydrogen) atoms. The second kappa shape index (κ2) is 8.66. The second-order valence-electron chi connectivity index (χ2n) is 6.15. The average Bonchev–Trinajstić information content (AvgIpc) is 3.43. The molecule has 1 atom stereocenters. The van der Waals surface area contributed by atoms with Crippen molar-refractivity contribution in [3.05, 3.63) is 59.5 Å². The summed E-state index contributed by atoms with van der Waals surface area (Å²) in [5.74, 6) is 1.81. The van der Waals surface area contributed by atoms with Crippen LogP contribution in [0, 0.1) is 0 Å². The van der Waals surface area contributed by atoms with Gasteiger partial charge in [0, 0.05) is 12.4 Å². The number of rotatable bonds is 7. The van der Waals surface area contributed by atoms with Gasteiger partial charge >= 0.3 is 0 Å². The van der Waals surface area contributed by atoms with Gasteiger partial charge in [0.25, 0.3) is 0 Å². The lowest BCUT2D eigenvalue weighted by atomic mass is 10.2. The highest BCUT2D eigenvalue weighted by Gasteiger charge is 2.21. The molecular formula is C20H21N3OS2. The van der Waals surface area contributed by atoms with Crippen LogP contribution in [-0.2, 0) is 11.3 Å². The maximum Gasteiger partial charge on any atom is 0.191 e. The highest BCUT2D eigenvalue weighted by Crippen LogP contribution is 2.29. The number of nitrogens with zero attached hydrogens (tertiary/aromatic N) is 3. The Bertz CT molecular complexity index is 837. The zero-order valence-electron chi connectivity index (χ0n) is 14.5. The molecule has 0 spiro atoms. The van der Waals surface area contributed by atoms with Crippen LogP contribution < -0.4 is 0 Å². The van der Waals surface area contributed by atoms with E-state index in [4.69, 9.17) is 4.74 Å². The first-order chi connectivity index (χ1) is 12.9. The van der Waals surface area contributed by atoms with Gasteiger partial charge in [-0.2, -0.15) is 0 Å². The highest BCUT2D eigenvalue weighted by molar-refractivity contribution is 7.99. The predicted molar refractivity (Wildman–Crippen MR) is 109 cm³/mol. The smallest absolute Gasteiger partial charge is 0.191 e. The Morgan fingerprint density at radius 1 is 1.19 bits per heavy atom. The van der Waals surface area contributed by atoms with Crippen LogP contribution in [0.2, 0.25) is 0 Å². The summed E-state index contributed by atoms with van der Waals surface area (Å²) < 4.78 is 8.07. The Hall–Kier alpha value is -1.89. The monoisotopic (exact) mass is 383 g/mol. The highest BCUT2D eigenvalue weighted by atomic mass is 32.2. The van der Waals surface area contributed by atoms with E-state index in [1.54, 1.807) is 23.1 Å². The van der Waals surface area contributed by atoms with Crippen LogP contribution in [0.25, 0.3) is 16.8 Å². The first kappa shape index (κ1) is 17.5. The SMILES string of the molecule is C(=C\c1ccccc1)/CSc1nnc(-c2cccs2)n1CC1CCCO1. The molecule has 0 amide bonds. The Morgan fingerprint density at radius 2 is 2.12 bits per heavy atom. The van der Waals surface area contributed by atoms with E-state index in [2.05, 4.69) is 68.7 Å². The van der Waals surface area contributed by atoms with E-state index < -0.39 is 0 Å². The molecule has 4 rings (SSSR count). The van der Waals surface area contributed by atoms with E-state index >= 15 is 0 Å². The van der Waals surface area contributed by atoms with Crippen molar-refractivity contribution in [2.24, 2.45) is 0 Å². The summed E-state index contributed by atoms with van der Waals surface area (Å²) in [4.78, 5) is 1.15. The van der Waals surface area contributed by atoms with Gasteiger partial charge in [-0.05, 0) is 29.9 Å². The Balaban J connectivity index is 1.48. The third-order valence-corrected chi connectivity index (χ3v) is 6.07. The summed E-state index contributed by atoms with van der Waals surface area (Å²) >= 11 is 3.42. The molecule has 3 heterocycles. The Morgan fingerprint density at radius 3 is 2.88 bits per heavy atom. The fourth-order valence-corrected chi connectivity index (χ4v) is 4.49. The van der Waals surface area contributed by atoms with Gasteiger partial charge in [0.2, 0.25) is 0 Å². The lowest BCUT2D eigenvalue weighted by Crippen LogP contribution is -2.16. The topological polar surface area (TPSA) is 39.9 Å². The number of hydrogen-bond donors (Lipinski definition) is 0. The van der Waals surface area contributed by atoms with Crippen LogP contribution in [0.5, 0.6) is 0 Å². The van der Waals surface area contributed by atoms with Crippen LogP contribution in [0.3, 0.4) is 0 Å². The molecule has 1 fully saturated rings. The number of aromatic nitrogens is 3. The molecule has 0 saturated carbocycles. The van der Waals surface area contributed by atoms with Crippen molar-refractivity contribution in [1.29, 1.82) is 0 Å². The van der Waals surface area contributed by atoms with Crippen molar-refractivity contribution in [2.45, 2.75) is 30.6 Å². The molecule has 0 aliphatic carbocycles. The van der Waals surface area contributed by atoms with Crippen molar-refractivity contribution in [3.8, 4) is 10.7 Å². The van der Waals surface area contributed by atoms with Crippen molar-refractivity contribution in [1.82, 2.24) is 14.8 Å². The molecule has 0 bridgehead atoms. The summed E-state index contributed by atoms with van der Waals surface area (Å²) in [5.41, 5.74) is 1.22. The predicted octanol–water partition coefficient (Wildman–Crippen LogP) is 4.99. The lowest BCUT2D eigenvalue weighted by Gasteiger charge is -2.13. The molecule has 3 aromatic rings. The van der Waals surface area contributed by atoms with Gasteiger partial charge in [-0.25, -0.2) is 0 Å². The minimum absolute atomic E-state index is 0.268.